The summed E-state index contributed by atoms with van der Waals surface area (Å²) in [5, 5.41) is 15.3. The molecule has 32 heavy (non-hydrogen) atoms. The molecule has 1 aromatic carbocycles. The SMILES string of the molecule is CC(=O)OC(C)(C)c1nc(/C=C\C(=N)c2c(-c3ccc(F)cc3F)nc3occn23)n[nH]1. The van der Waals surface area contributed by atoms with Crippen LogP contribution in [-0.2, 0) is 15.1 Å². The number of hydrogen-bond acceptors (Lipinski definition) is 7. The summed E-state index contributed by atoms with van der Waals surface area (Å²) in [5.74, 6) is -1.27. The molecule has 3 aromatic heterocycles. The first kappa shape index (κ1) is 21.1. The van der Waals surface area contributed by atoms with Crippen molar-refractivity contribution in [3.63, 3.8) is 0 Å². The number of rotatable bonds is 6. The maximum Gasteiger partial charge on any atom is 0.306 e. The van der Waals surface area contributed by atoms with Crippen LogP contribution in [-0.4, -0.2) is 36.2 Å². The topological polar surface area (TPSA) is 122 Å². The van der Waals surface area contributed by atoms with Crippen LogP contribution in [0.25, 0.3) is 23.2 Å². The van der Waals surface area contributed by atoms with E-state index in [1.807, 2.05) is 0 Å². The van der Waals surface area contributed by atoms with Gasteiger partial charge < -0.3 is 9.15 Å². The number of allylic oxidation sites excluding steroid dienone is 1. The standard InChI is InChI=1S/C21H18F2N6O3/c1-11(30)32-21(2,3)19-25-16(27-28-19)7-6-15(24)18-17(26-20-29(18)8-9-31-20)13-5-4-12(22)10-14(13)23/h4-10,24H,1-3H3,(H,25,27,28)/b7-6-,24-15?. The second kappa shape index (κ2) is 7.84. The largest absolute Gasteiger partial charge is 0.452 e. The van der Waals surface area contributed by atoms with Gasteiger partial charge in [0.05, 0.1) is 5.71 Å². The molecule has 4 aromatic rings. The van der Waals surface area contributed by atoms with Gasteiger partial charge >= 0.3 is 11.8 Å². The summed E-state index contributed by atoms with van der Waals surface area (Å²) in [4.78, 5) is 19.8. The van der Waals surface area contributed by atoms with Crippen molar-refractivity contribution >= 4 is 23.6 Å². The highest BCUT2D eigenvalue weighted by atomic mass is 19.1. The molecule has 3 heterocycles. The van der Waals surface area contributed by atoms with Gasteiger partial charge in [-0.2, -0.15) is 10.1 Å². The van der Waals surface area contributed by atoms with Gasteiger partial charge in [0, 0.05) is 24.8 Å². The average molecular weight is 440 g/mol. The van der Waals surface area contributed by atoms with E-state index in [4.69, 9.17) is 14.6 Å². The molecule has 0 fully saturated rings. The first-order chi connectivity index (χ1) is 15.2. The van der Waals surface area contributed by atoms with Crippen molar-refractivity contribution in [3.8, 4) is 11.3 Å². The molecule has 0 spiro atoms. The van der Waals surface area contributed by atoms with Crippen LogP contribution in [0.1, 0.15) is 38.1 Å². The van der Waals surface area contributed by atoms with Gasteiger partial charge in [-0.25, -0.2) is 13.8 Å². The number of imidazole rings is 1. The minimum atomic E-state index is -1.01. The summed E-state index contributed by atoms with van der Waals surface area (Å²) < 4.78 is 39.7. The van der Waals surface area contributed by atoms with Crippen LogP contribution in [0.4, 0.5) is 8.78 Å². The quantitative estimate of drug-likeness (QED) is 0.347. The summed E-state index contributed by atoms with van der Waals surface area (Å²) >= 11 is 0. The second-order valence-electron chi connectivity index (χ2n) is 7.38. The fourth-order valence-corrected chi connectivity index (χ4v) is 3.18. The van der Waals surface area contributed by atoms with Crippen molar-refractivity contribution in [2.24, 2.45) is 0 Å². The number of ether oxygens (including phenoxy) is 1. The number of fused-ring (bicyclic) bond motifs is 1. The van der Waals surface area contributed by atoms with E-state index >= 15 is 0 Å². The number of benzene rings is 1. The lowest BCUT2D eigenvalue weighted by molar-refractivity contribution is -0.155. The van der Waals surface area contributed by atoms with E-state index in [1.165, 1.54) is 42.0 Å². The predicted molar refractivity (Wildman–Crippen MR) is 110 cm³/mol. The first-order valence-corrected chi connectivity index (χ1v) is 9.46. The number of carbonyl (C=O) groups excluding carboxylic acids is 1. The van der Waals surface area contributed by atoms with Gasteiger partial charge in [-0.05, 0) is 38.1 Å². The average Bonchev–Trinajstić information content (AvgIpc) is 3.41. The molecule has 0 unspecified atom stereocenters. The molecular formula is C21H18F2N6O3. The number of oxazole rings is 1. The molecular weight excluding hydrogens is 422 g/mol. The lowest BCUT2D eigenvalue weighted by Crippen LogP contribution is -2.25. The number of esters is 1. The van der Waals surface area contributed by atoms with E-state index in [2.05, 4.69) is 20.2 Å². The molecule has 0 aliphatic rings. The van der Waals surface area contributed by atoms with Gasteiger partial charge in [0.1, 0.15) is 29.3 Å². The second-order valence-corrected chi connectivity index (χ2v) is 7.38. The lowest BCUT2D eigenvalue weighted by atomic mass is 10.1. The van der Waals surface area contributed by atoms with Crippen molar-refractivity contribution in [3.05, 3.63) is 65.7 Å². The lowest BCUT2D eigenvalue weighted by Gasteiger charge is -2.20. The molecule has 0 amide bonds. The third kappa shape index (κ3) is 3.92. The monoisotopic (exact) mass is 440 g/mol. The minimum absolute atomic E-state index is 0.0294. The summed E-state index contributed by atoms with van der Waals surface area (Å²) in [6.07, 6.45) is 5.80. The van der Waals surface area contributed by atoms with Crippen LogP contribution >= 0.6 is 0 Å². The third-order valence-corrected chi connectivity index (χ3v) is 4.57. The van der Waals surface area contributed by atoms with Crippen LogP contribution in [0.15, 0.2) is 41.2 Å². The van der Waals surface area contributed by atoms with Crippen LogP contribution in [0, 0.1) is 17.0 Å². The number of aromatic nitrogens is 5. The molecule has 0 aliphatic carbocycles. The van der Waals surface area contributed by atoms with Gasteiger partial charge in [-0.1, -0.05) is 0 Å². The Balaban J connectivity index is 1.67. The van der Waals surface area contributed by atoms with Crippen molar-refractivity contribution in [1.29, 1.82) is 5.41 Å². The van der Waals surface area contributed by atoms with E-state index in [-0.39, 0.29) is 34.3 Å². The molecule has 0 atom stereocenters. The van der Waals surface area contributed by atoms with Gasteiger partial charge in [0.15, 0.2) is 17.2 Å². The summed E-state index contributed by atoms with van der Waals surface area (Å²) in [7, 11) is 0. The zero-order valence-electron chi connectivity index (χ0n) is 17.3. The van der Waals surface area contributed by atoms with Crippen molar-refractivity contribution < 1.29 is 22.7 Å². The Morgan fingerprint density at radius 2 is 2.09 bits per heavy atom. The normalized spacial score (nSPS) is 12.0. The van der Waals surface area contributed by atoms with Crippen LogP contribution < -0.4 is 0 Å². The fourth-order valence-electron chi connectivity index (χ4n) is 3.18. The van der Waals surface area contributed by atoms with Gasteiger partial charge in [0.2, 0.25) is 0 Å². The molecule has 164 valence electrons. The zero-order chi connectivity index (χ0) is 23.0. The number of hydrogen-bond donors (Lipinski definition) is 2. The smallest absolute Gasteiger partial charge is 0.306 e. The maximum atomic E-state index is 14.4. The van der Waals surface area contributed by atoms with Crippen LogP contribution in [0.3, 0.4) is 0 Å². The summed E-state index contributed by atoms with van der Waals surface area (Å²) in [6, 6.07) is 3.12. The molecule has 0 bridgehead atoms. The predicted octanol–water partition coefficient (Wildman–Crippen LogP) is 3.87. The van der Waals surface area contributed by atoms with Crippen molar-refractivity contribution in [2.75, 3.05) is 0 Å². The number of carbonyl (C=O) groups is 1. The Bertz CT molecular complexity index is 1370. The van der Waals surface area contributed by atoms with E-state index < -0.39 is 23.2 Å². The Morgan fingerprint density at radius 1 is 1.31 bits per heavy atom. The Labute approximate surface area is 180 Å². The van der Waals surface area contributed by atoms with Gasteiger partial charge in [-0.15, -0.1) is 0 Å². The first-order valence-electron chi connectivity index (χ1n) is 9.46. The highest BCUT2D eigenvalue weighted by molar-refractivity contribution is 6.11. The summed E-state index contributed by atoms with van der Waals surface area (Å²) in [5.41, 5.74) is -0.653. The number of nitrogens with one attached hydrogen (secondary N) is 2. The van der Waals surface area contributed by atoms with E-state index in [0.717, 1.165) is 12.1 Å². The Hall–Kier alpha value is -4.15. The van der Waals surface area contributed by atoms with Gasteiger partial charge in [-0.3, -0.25) is 19.7 Å². The Kier molecular flexibility index (Phi) is 5.17. The third-order valence-electron chi connectivity index (χ3n) is 4.57. The van der Waals surface area contributed by atoms with Crippen molar-refractivity contribution in [1.82, 2.24) is 24.6 Å². The molecule has 4 rings (SSSR count). The zero-order valence-corrected chi connectivity index (χ0v) is 17.3. The number of halogens is 2. The van der Waals surface area contributed by atoms with Crippen LogP contribution in [0.5, 0.6) is 0 Å². The molecule has 2 N–H and O–H groups in total. The number of nitrogens with zero attached hydrogens (tertiary/aromatic N) is 4. The molecule has 9 nitrogen and oxygen atoms in total. The van der Waals surface area contributed by atoms with Crippen molar-refractivity contribution in [2.45, 2.75) is 26.4 Å². The number of aromatic amines is 1. The molecule has 0 saturated heterocycles. The molecule has 0 saturated carbocycles. The Morgan fingerprint density at radius 3 is 2.81 bits per heavy atom. The highest BCUT2D eigenvalue weighted by Gasteiger charge is 2.28. The summed E-state index contributed by atoms with van der Waals surface area (Å²) in [6.45, 7) is 4.62. The van der Waals surface area contributed by atoms with E-state index in [0.29, 0.717) is 5.82 Å². The minimum Gasteiger partial charge on any atom is -0.452 e. The fraction of sp³-hybridized carbons (Fsp3) is 0.190. The van der Waals surface area contributed by atoms with E-state index in [1.54, 1.807) is 13.8 Å². The number of H-pyrrole nitrogens is 1. The van der Waals surface area contributed by atoms with Gasteiger partial charge in [0.25, 0.3) is 0 Å². The molecule has 0 aliphatic heterocycles. The molecule has 11 heteroatoms. The van der Waals surface area contributed by atoms with E-state index in [9.17, 15) is 13.6 Å². The highest BCUT2D eigenvalue weighted by Crippen LogP contribution is 2.28. The molecule has 0 radical (unpaired) electrons. The maximum absolute atomic E-state index is 14.4. The van der Waals surface area contributed by atoms with Crippen LogP contribution in [0.2, 0.25) is 0 Å².